The molecule has 0 bridgehead atoms. The quantitative estimate of drug-likeness (QED) is 0.877. The Hall–Kier alpha value is -1.19. The van der Waals surface area contributed by atoms with Crippen molar-refractivity contribution in [1.29, 1.82) is 0 Å². The fourth-order valence-corrected chi connectivity index (χ4v) is 2.29. The summed E-state index contributed by atoms with van der Waals surface area (Å²) in [6, 6.07) is 10.4. The molecule has 2 N–H and O–H groups in total. The molecule has 84 valence electrons. The summed E-state index contributed by atoms with van der Waals surface area (Å²) in [6.07, 6.45) is 1.72. The maximum absolute atomic E-state index is 5.80. The van der Waals surface area contributed by atoms with Gasteiger partial charge in [-0.1, -0.05) is 23.9 Å². The van der Waals surface area contributed by atoms with Gasteiger partial charge in [0.25, 0.3) is 0 Å². The molecule has 1 unspecified atom stereocenters. The van der Waals surface area contributed by atoms with Crippen LogP contribution in [0.2, 0.25) is 0 Å². The van der Waals surface area contributed by atoms with Gasteiger partial charge in [0.15, 0.2) is 0 Å². The van der Waals surface area contributed by atoms with Crippen LogP contribution in [0.3, 0.4) is 0 Å². The van der Waals surface area contributed by atoms with Gasteiger partial charge in [0.2, 0.25) is 0 Å². The predicted octanol–water partition coefficient (Wildman–Crippen LogP) is 3.76. The van der Waals surface area contributed by atoms with Crippen molar-refractivity contribution >= 4 is 11.8 Å². The highest BCUT2D eigenvalue weighted by Crippen LogP contribution is 2.31. The van der Waals surface area contributed by atoms with Gasteiger partial charge < -0.3 is 10.2 Å². The predicted molar refractivity (Wildman–Crippen MR) is 66.6 cm³/mol. The first-order valence-electron chi connectivity index (χ1n) is 5.24. The Morgan fingerprint density at radius 2 is 1.88 bits per heavy atom. The second-order valence-electron chi connectivity index (χ2n) is 3.80. The van der Waals surface area contributed by atoms with Crippen LogP contribution in [0.5, 0.6) is 0 Å². The van der Waals surface area contributed by atoms with Gasteiger partial charge in [0.1, 0.15) is 5.76 Å². The molecule has 0 spiro atoms. The Morgan fingerprint density at radius 1 is 1.19 bits per heavy atom. The fourth-order valence-electron chi connectivity index (χ4n) is 1.45. The molecule has 2 aromatic rings. The standard InChI is InChI=1S/C13H15NOS/c1-9(14)11-3-5-12(6-4-11)16-13-7-8-15-10(13)2/h3-9H,14H2,1-2H3. The maximum atomic E-state index is 5.80. The van der Waals surface area contributed by atoms with Gasteiger partial charge in [0, 0.05) is 10.9 Å². The van der Waals surface area contributed by atoms with E-state index in [2.05, 4.69) is 24.3 Å². The summed E-state index contributed by atoms with van der Waals surface area (Å²) in [5, 5.41) is 0. The summed E-state index contributed by atoms with van der Waals surface area (Å²) >= 11 is 1.71. The lowest BCUT2D eigenvalue weighted by Crippen LogP contribution is -2.04. The molecule has 0 radical (unpaired) electrons. The minimum Gasteiger partial charge on any atom is -0.468 e. The molecule has 0 aliphatic heterocycles. The van der Waals surface area contributed by atoms with Crippen molar-refractivity contribution in [2.45, 2.75) is 29.7 Å². The van der Waals surface area contributed by atoms with Crippen molar-refractivity contribution in [3.63, 3.8) is 0 Å². The molecule has 0 saturated heterocycles. The van der Waals surface area contributed by atoms with Crippen LogP contribution in [0.15, 0.2) is 50.8 Å². The van der Waals surface area contributed by atoms with Crippen LogP contribution < -0.4 is 5.73 Å². The number of hydrogen-bond acceptors (Lipinski definition) is 3. The highest BCUT2D eigenvalue weighted by molar-refractivity contribution is 7.99. The molecule has 0 fully saturated rings. The van der Waals surface area contributed by atoms with Crippen molar-refractivity contribution < 1.29 is 4.42 Å². The molecule has 3 heteroatoms. The van der Waals surface area contributed by atoms with Crippen molar-refractivity contribution in [2.75, 3.05) is 0 Å². The van der Waals surface area contributed by atoms with Crippen LogP contribution >= 0.6 is 11.8 Å². The van der Waals surface area contributed by atoms with Gasteiger partial charge in [-0.15, -0.1) is 0 Å². The summed E-state index contributed by atoms with van der Waals surface area (Å²) in [6.45, 7) is 3.96. The molecule has 0 aliphatic rings. The van der Waals surface area contributed by atoms with E-state index in [1.807, 2.05) is 19.9 Å². The van der Waals surface area contributed by atoms with E-state index in [1.54, 1.807) is 18.0 Å². The van der Waals surface area contributed by atoms with E-state index in [9.17, 15) is 0 Å². The molecule has 2 nitrogen and oxygen atoms in total. The highest BCUT2D eigenvalue weighted by atomic mass is 32.2. The molecular weight excluding hydrogens is 218 g/mol. The van der Waals surface area contributed by atoms with E-state index in [0.717, 1.165) is 16.2 Å². The first-order valence-corrected chi connectivity index (χ1v) is 6.06. The topological polar surface area (TPSA) is 39.2 Å². The van der Waals surface area contributed by atoms with Crippen molar-refractivity contribution in [2.24, 2.45) is 5.73 Å². The monoisotopic (exact) mass is 233 g/mol. The zero-order valence-corrected chi connectivity index (χ0v) is 10.3. The molecule has 2 rings (SSSR count). The largest absolute Gasteiger partial charge is 0.468 e. The lowest BCUT2D eigenvalue weighted by molar-refractivity contribution is 0.527. The van der Waals surface area contributed by atoms with Gasteiger partial charge in [-0.3, -0.25) is 0 Å². The van der Waals surface area contributed by atoms with Gasteiger partial charge in [-0.25, -0.2) is 0 Å². The second-order valence-corrected chi connectivity index (χ2v) is 4.92. The summed E-state index contributed by atoms with van der Waals surface area (Å²) in [7, 11) is 0. The molecule has 0 amide bonds. The fraction of sp³-hybridized carbons (Fsp3) is 0.231. The number of nitrogens with two attached hydrogens (primary N) is 1. The van der Waals surface area contributed by atoms with Crippen molar-refractivity contribution in [1.82, 2.24) is 0 Å². The van der Waals surface area contributed by atoms with E-state index in [1.165, 1.54) is 4.90 Å². The van der Waals surface area contributed by atoms with E-state index >= 15 is 0 Å². The van der Waals surface area contributed by atoms with Crippen LogP contribution in [-0.2, 0) is 0 Å². The molecule has 1 atom stereocenters. The summed E-state index contributed by atoms with van der Waals surface area (Å²) in [5.41, 5.74) is 6.96. The third kappa shape index (κ3) is 2.49. The summed E-state index contributed by atoms with van der Waals surface area (Å²) in [5.74, 6) is 0.960. The van der Waals surface area contributed by atoms with E-state index in [4.69, 9.17) is 10.2 Å². The number of aryl methyl sites for hydroxylation is 1. The molecule has 0 aliphatic carbocycles. The van der Waals surface area contributed by atoms with Crippen LogP contribution in [0.25, 0.3) is 0 Å². The molecule has 1 aromatic carbocycles. The zero-order chi connectivity index (χ0) is 11.5. The normalized spacial score (nSPS) is 12.7. The average Bonchev–Trinajstić information content (AvgIpc) is 2.65. The second kappa shape index (κ2) is 4.76. The SMILES string of the molecule is Cc1occc1Sc1ccc(C(C)N)cc1. The number of furan rings is 1. The number of hydrogen-bond donors (Lipinski definition) is 1. The van der Waals surface area contributed by atoms with Crippen molar-refractivity contribution in [3.05, 3.63) is 47.9 Å². The van der Waals surface area contributed by atoms with Gasteiger partial charge >= 0.3 is 0 Å². The van der Waals surface area contributed by atoms with E-state index in [-0.39, 0.29) is 6.04 Å². The zero-order valence-electron chi connectivity index (χ0n) is 9.44. The van der Waals surface area contributed by atoms with Crippen LogP contribution in [-0.4, -0.2) is 0 Å². The third-order valence-corrected chi connectivity index (χ3v) is 3.60. The Labute approximate surface area is 99.8 Å². The lowest BCUT2D eigenvalue weighted by atomic mass is 10.1. The van der Waals surface area contributed by atoms with Crippen LogP contribution in [0.1, 0.15) is 24.3 Å². The Morgan fingerprint density at radius 3 is 2.38 bits per heavy atom. The molecule has 16 heavy (non-hydrogen) atoms. The lowest BCUT2D eigenvalue weighted by Gasteiger charge is -2.06. The minimum absolute atomic E-state index is 0.0923. The molecular formula is C13H15NOS. The van der Waals surface area contributed by atoms with Gasteiger partial charge in [-0.05, 0) is 37.6 Å². The minimum atomic E-state index is 0.0923. The highest BCUT2D eigenvalue weighted by Gasteiger charge is 2.04. The smallest absolute Gasteiger partial charge is 0.114 e. The van der Waals surface area contributed by atoms with Crippen LogP contribution in [0, 0.1) is 6.92 Å². The molecule has 0 saturated carbocycles. The average molecular weight is 233 g/mol. The number of rotatable bonds is 3. The van der Waals surface area contributed by atoms with Crippen molar-refractivity contribution in [3.8, 4) is 0 Å². The van der Waals surface area contributed by atoms with Crippen LogP contribution in [0.4, 0.5) is 0 Å². The van der Waals surface area contributed by atoms with Gasteiger partial charge in [-0.2, -0.15) is 0 Å². The summed E-state index contributed by atoms with van der Waals surface area (Å²) in [4.78, 5) is 2.36. The molecule has 1 aromatic heterocycles. The van der Waals surface area contributed by atoms with E-state index in [0.29, 0.717) is 0 Å². The first-order chi connectivity index (χ1) is 7.66. The summed E-state index contributed by atoms with van der Waals surface area (Å²) < 4.78 is 5.26. The third-order valence-electron chi connectivity index (χ3n) is 2.44. The number of benzene rings is 1. The van der Waals surface area contributed by atoms with Gasteiger partial charge in [0.05, 0.1) is 11.2 Å². The Bertz CT molecular complexity index is 459. The first kappa shape index (κ1) is 11.3. The Kier molecular flexibility index (Phi) is 3.36. The Balaban J connectivity index is 2.14. The molecule has 1 heterocycles. The maximum Gasteiger partial charge on any atom is 0.114 e. The van der Waals surface area contributed by atoms with E-state index < -0.39 is 0 Å².